The zero-order valence-corrected chi connectivity index (χ0v) is 14.0. The second-order valence-electron chi connectivity index (χ2n) is 6.02. The maximum Gasteiger partial charge on any atom is 0.185 e. The molecular weight excluding hydrogens is 332 g/mol. The van der Waals surface area contributed by atoms with Crippen LogP contribution in [0, 0.1) is 0 Å². The van der Waals surface area contributed by atoms with Crippen molar-refractivity contribution in [2.24, 2.45) is 0 Å². The Morgan fingerprint density at radius 3 is 2.80 bits per heavy atom. The predicted molar refractivity (Wildman–Crippen MR) is 95.6 cm³/mol. The molecule has 0 aliphatic heterocycles. The third-order valence-electron chi connectivity index (χ3n) is 4.67. The molecule has 0 amide bonds. The Morgan fingerprint density at radius 1 is 1.12 bits per heavy atom. The van der Waals surface area contributed by atoms with E-state index in [0.717, 1.165) is 23.5 Å². The monoisotopic (exact) mass is 346 g/mol. The van der Waals surface area contributed by atoms with E-state index in [4.69, 9.17) is 0 Å². The third-order valence-corrected chi connectivity index (χ3v) is 5.72. The van der Waals surface area contributed by atoms with Crippen LogP contribution in [0.1, 0.15) is 21.7 Å². The van der Waals surface area contributed by atoms with Crippen molar-refractivity contribution in [2.45, 2.75) is 11.8 Å². The Labute approximate surface area is 147 Å². The maximum absolute atomic E-state index is 4.43. The predicted octanol–water partition coefficient (Wildman–Crippen LogP) is 3.00. The van der Waals surface area contributed by atoms with Crippen LogP contribution in [0.15, 0.2) is 60.2 Å². The van der Waals surface area contributed by atoms with Gasteiger partial charge in [-0.05, 0) is 27.4 Å². The lowest BCUT2D eigenvalue weighted by molar-refractivity contribution is 0.633. The van der Waals surface area contributed by atoms with Gasteiger partial charge in [0.15, 0.2) is 5.82 Å². The minimum absolute atomic E-state index is 0.188. The van der Waals surface area contributed by atoms with Crippen LogP contribution in [0.3, 0.4) is 0 Å². The summed E-state index contributed by atoms with van der Waals surface area (Å²) in [6.45, 7) is 0. The molecule has 0 fully saturated rings. The van der Waals surface area contributed by atoms with E-state index in [1.165, 1.54) is 10.4 Å². The molecular formula is C18H14N6S. The van der Waals surface area contributed by atoms with E-state index in [0.29, 0.717) is 0 Å². The topological polar surface area (TPSA) is 72.3 Å². The molecule has 0 radical (unpaired) electrons. The van der Waals surface area contributed by atoms with Gasteiger partial charge >= 0.3 is 0 Å². The van der Waals surface area contributed by atoms with Crippen molar-refractivity contribution < 1.29 is 0 Å². The zero-order chi connectivity index (χ0) is 16.7. The lowest BCUT2D eigenvalue weighted by Crippen LogP contribution is -2.29. The van der Waals surface area contributed by atoms with Gasteiger partial charge in [-0.15, -0.1) is 16.4 Å². The number of nitrogens with one attached hydrogen (secondary N) is 1. The van der Waals surface area contributed by atoms with E-state index < -0.39 is 0 Å². The number of fused-ring (bicyclic) bond motifs is 1. The number of allylic oxidation sites excluding steroid dienone is 1. The molecule has 5 rings (SSSR count). The minimum atomic E-state index is -0.188. The highest BCUT2D eigenvalue weighted by molar-refractivity contribution is 7.10. The number of aromatic amines is 1. The molecule has 1 aliphatic rings. The summed E-state index contributed by atoms with van der Waals surface area (Å²) in [7, 11) is 0. The van der Waals surface area contributed by atoms with Gasteiger partial charge in [0.1, 0.15) is 6.33 Å². The average Bonchev–Trinajstić information content (AvgIpc) is 3.42. The fourth-order valence-corrected chi connectivity index (χ4v) is 4.39. The number of tetrazole rings is 1. The van der Waals surface area contributed by atoms with E-state index in [1.54, 1.807) is 22.3 Å². The summed E-state index contributed by atoms with van der Waals surface area (Å²) in [6, 6.07) is 14.9. The Hall–Kier alpha value is -3.06. The molecule has 0 saturated heterocycles. The minimum Gasteiger partial charge on any atom is -0.280 e. The van der Waals surface area contributed by atoms with Crippen LogP contribution >= 0.6 is 11.3 Å². The number of thiophene rings is 1. The van der Waals surface area contributed by atoms with E-state index in [2.05, 4.69) is 85.7 Å². The van der Waals surface area contributed by atoms with Gasteiger partial charge in [-0.1, -0.05) is 48.6 Å². The van der Waals surface area contributed by atoms with Crippen LogP contribution in [0.5, 0.6) is 0 Å². The van der Waals surface area contributed by atoms with E-state index in [-0.39, 0.29) is 5.41 Å². The summed E-state index contributed by atoms with van der Waals surface area (Å²) in [5, 5.41) is 21.1. The molecule has 0 spiro atoms. The number of hydrogen-bond acceptors (Lipinski definition) is 5. The molecule has 3 aromatic heterocycles. The summed E-state index contributed by atoms with van der Waals surface area (Å²) in [5.41, 5.74) is 3.21. The SMILES string of the molecule is C1=CC(c2ccccc2)(c2cccs2)Cc2[nH]nc(-n3cnnn3)c21. The lowest BCUT2D eigenvalue weighted by Gasteiger charge is -2.33. The molecule has 1 unspecified atom stereocenters. The van der Waals surface area contributed by atoms with E-state index >= 15 is 0 Å². The van der Waals surface area contributed by atoms with Gasteiger partial charge < -0.3 is 0 Å². The summed E-state index contributed by atoms with van der Waals surface area (Å²) >= 11 is 1.78. The second-order valence-corrected chi connectivity index (χ2v) is 6.97. The number of benzene rings is 1. The van der Waals surface area contributed by atoms with Gasteiger partial charge in [0, 0.05) is 22.6 Å². The highest BCUT2D eigenvalue weighted by atomic mass is 32.1. The molecule has 1 aromatic carbocycles. The molecule has 3 heterocycles. The summed E-state index contributed by atoms with van der Waals surface area (Å²) in [4.78, 5) is 1.32. The number of rotatable bonds is 3. The van der Waals surface area contributed by atoms with Crippen molar-refractivity contribution in [3.05, 3.63) is 81.9 Å². The molecule has 6 nitrogen and oxygen atoms in total. The molecule has 1 N–H and O–H groups in total. The molecule has 0 bridgehead atoms. The van der Waals surface area contributed by atoms with Crippen molar-refractivity contribution in [1.29, 1.82) is 0 Å². The first kappa shape index (κ1) is 14.3. The Kier molecular flexibility index (Phi) is 3.14. The normalized spacial score (nSPS) is 19.0. The molecule has 1 atom stereocenters. The first-order chi connectivity index (χ1) is 12.4. The summed E-state index contributed by atoms with van der Waals surface area (Å²) in [5.74, 6) is 0.726. The average molecular weight is 346 g/mol. The Morgan fingerprint density at radius 2 is 2.04 bits per heavy atom. The third kappa shape index (κ3) is 2.16. The van der Waals surface area contributed by atoms with Crippen LogP contribution in [0.25, 0.3) is 11.9 Å². The van der Waals surface area contributed by atoms with Gasteiger partial charge in [0.2, 0.25) is 0 Å². The van der Waals surface area contributed by atoms with Gasteiger partial charge in [-0.3, -0.25) is 5.10 Å². The highest BCUT2D eigenvalue weighted by Crippen LogP contribution is 2.43. The Balaban J connectivity index is 1.66. The fraction of sp³-hybridized carbons (Fsp3) is 0.111. The number of nitrogens with zero attached hydrogens (tertiary/aromatic N) is 5. The van der Waals surface area contributed by atoms with Gasteiger partial charge in [-0.25, -0.2) is 0 Å². The highest BCUT2D eigenvalue weighted by Gasteiger charge is 2.37. The maximum atomic E-state index is 4.43. The molecule has 25 heavy (non-hydrogen) atoms. The summed E-state index contributed by atoms with van der Waals surface area (Å²) in [6.07, 6.45) is 6.78. The van der Waals surface area contributed by atoms with Crippen LogP contribution in [0.2, 0.25) is 0 Å². The standard InChI is InChI=1S/C18H14N6S/c1-2-5-13(6-3-1)18(16-7-4-10-25-16)9-8-14-15(11-18)20-21-17(14)24-12-19-22-23-24/h1-10,12H,11H2,(H,20,21). The smallest absolute Gasteiger partial charge is 0.185 e. The first-order valence-corrected chi connectivity index (χ1v) is 8.84. The van der Waals surface area contributed by atoms with E-state index in [1.807, 2.05) is 0 Å². The number of hydrogen-bond donors (Lipinski definition) is 1. The lowest BCUT2D eigenvalue weighted by atomic mass is 9.72. The van der Waals surface area contributed by atoms with Crippen LogP contribution in [-0.4, -0.2) is 30.4 Å². The van der Waals surface area contributed by atoms with Crippen LogP contribution in [0.4, 0.5) is 0 Å². The van der Waals surface area contributed by atoms with Gasteiger partial charge in [0.05, 0.1) is 5.41 Å². The number of aromatic nitrogens is 6. The fourth-order valence-electron chi connectivity index (χ4n) is 3.46. The van der Waals surface area contributed by atoms with Crippen LogP contribution < -0.4 is 0 Å². The quantitative estimate of drug-likeness (QED) is 0.619. The largest absolute Gasteiger partial charge is 0.280 e. The van der Waals surface area contributed by atoms with Crippen molar-refractivity contribution in [3.63, 3.8) is 0 Å². The van der Waals surface area contributed by atoms with Crippen molar-refractivity contribution in [1.82, 2.24) is 30.4 Å². The number of H-pyrrole nitrogens is 1. The second kappa shape index (κ2) is 5.49. The molecule has 0 saturated carbocycles. The van der Waals surface area contributed by atoms with Crippen molar-refractivity contribution in [2.75, 3.05) is 0 Å². The van der Waals surface area contributed by atoms with Gasteiger partial charge in [0.25, 0.3) is 0 Å². The van der Waals surface area contributed by atoms with Crippen LogP contribution in [-0.2, 0) is 11.8 Å². The summed E-state index contributed by atoms with van der Waals surface area (Å²) < 4.78 is 1.58. The van der Waals surface area contributed by atoms with Crippen molar-refractivity contribution in [3.8, 4) is 5.82 Å². The molecule has 1 aliphatic carbocycles. The first-order valence-electron chi connectivity index (χ1n) is 7.96. The van der Waals surface area contributed by atoms with Crippen molar-refractivity contribution >= 4 is 17.4 Å². The zero-order valence-electron chi connectivity index (χ0n) is 13.2. The Bertz CT molecular complexity index is 1020. The molecule has 122 valence electrons. The van der Waals surface area contributed by atoms with E-state index in [9.17, 15) is 0 Å². The van der Waals surface area contributed by atoms with Gasteiger partial charge in [-0.2, -0.15) is 9.78 Å². The molecule has 7 heteroatoms. The molecule has 4 aromatic rings.